The lowest BCUT2D eigenvalue weighted by Gasteiger charge is -2.10. The standard InChI is InChI=1S/C12H13F3N2/c1-7(16)9-6-17(2)11-8(9)4-3-5-10(11)12(13,14)15/h3-7H,16H2,1-2H3. The van der Waals surface area contributed by atoms with Crippen molar-refractivity contribution in [3.63, 3.8) is 0 Å². The molecule has 1 aromatic carbocycles. The molecule has 0 saturated carbocycles. The van der Waals surface area contributed by atoms with Crippen LogP contribution in [-0.2, 0) is 13.2 Å². The van der Waals surface area contributed by atoms with E-state index in [2.05, 4.69) is 0 Å². The molecule has 0 saturated heterocycles. The normalized spacial score (nSPS) is 14.2. The van der Waals surface area contributed by atoms with Gasteiger partial charge in [0.1, 0.15) is 0 Å². The minimum Gasteiger partial charge on any atom is -0.350 e. The van der Waals surface area contributed by atoms with E-state index in [0.717, 1.165) is 11.6 Å². The number of benzene rings is 1. The van der Waals surface area contributed by atoms with Gasteiger partial charge in [-0.05, 0) is 18.6 Å². The number of hydrogen-bond donors (Lipinski definition) is 1. The lowest BCUT2D eigenvalue weighted by atomic mass is 10.1. The van der Waals surface area contributed by atoms with Crippen LogP contribution in [0.3, 0.4) is 0 Å². The van der Waals surface area contributed by atoms with Crippen LogP contribution in [0.2, 0.25) is 0 Å². The second-order valence-corrected chi connectivity index (χ2v) is 4.18. The summed E-state index contributed by atoms with van der Waals surface area (Å²) in [4.78, 5) is 0. The van der Waals surface area contributed by atoms with Gasteiger partial charge in [-0.15, -0.1) is 0 Å². The van der Waals surface area contributed by atoms with E-state index in [1.54, 1.807) is 26.2 Å². The number of aromatic nitrogens is 1. The Morgan fingerprint density at radius 2 is 1.94 bits per heavy atom. The van der Waals surface area contributed by atoms with Crippen molar-refractivity contribution >= 4 is 10.9 Å². The fourth-order valence-electron chi connectivity index (χ4n) is 2.09. The van der Waals surface area contributed by atoms with E-state index in [-0.39, 0.29) is 11.6 Å². The molecule has 0 bridgehead atoms. The molecule has 2 aromatic rings. The van der Waals surface area contributed by atoms with Gasteiger partial charge in [-0.25, -0.2) is 0 Å². The smallest absolute Gasteiger partial charge is 0.350 e. The van der Waals surface area contributed by atoms with Crippen molar-refractivity contribution in [2.45, 2.75) is 19.1 Å². The summed E-state index contributed by atoms with van der Waals surface area (Å²) < 4.78 is 40.1. The van der Waals surface area contributed by atoms with Crippen LogP contribution in [0.4, 0.5) is 13.2 Å². The summed E-state index contributed by atoms with van der Waals surface area (Å²) in [5.41, 5.74) is 6.05. The van der Waals surface area contributed by atoms with Gasteiger partial charge in [0.25, 0.3) is 0 Å². The fraction of sp³-hybridized carbons (Fsp3) is 0.333. The number of hydrogen-bond acceptors (Lipinski definition) is 1. The van der Waals surface area contributed by atoms with Gasteiger partial charge in [-0.2, -0.15) is 13.2 Å². The van der Waals surface area contributed by atoms with Crippen LogP contribution in [0.25, 0.3) is 10.9 Å². The Balaban J connectivity index is 2.82. The minimum atomic E-state index is -4.35. The molecule has 1 atom stereocenters. The molecule has 2 rings (SSSR count). The molecule has 0 fully saturated rings. The van der Waals surface area contributed by atoms with Crippen molar-refractivity contribution in [1.82, 2.24) is 4.57 Å². The van der Waals surface area contributed by atoms with Crippen molar-refractivity contribution in [2.24, 2.45) is 12.8 Å². The molecule has 0 aliphatic rings. The van der Waals surface area contributed by atoms with E-state index in [0.29, 0.717) is 5.39 Å². The molecule has 17 heavy (non-hydrogen) atoms. The predicted molar refractivity (Wildman–Crippen MR) is 60.5 cm³/mol. The summed E-state index contributed by atoms with van der Waals surface area (Å²) in [6.45, 7) is 1.76. The highest BCUT2D eigenvalue weighted by Gasteiger charge is 2.34. The predicted octanol–water partition coefficient (Wildman–Crippen LogP) is 3.22. The largest absolute Gasteiger partial charge is 0.418 e. The van der Waals surface area contributed by atoms with Gasteiger partial charge in [0.2, 0.25) is 0 Å². The van der Waals surface area contributed by atoms with Crippen molar-refractivity contribution in [3.05, 3.63) is 35.5 Å². The molecule has 0 radical (unpaired) electrons. The van der Waals surface area contributed by atoms with Crippen LogP contribution in [0, 0.1) is 0 Å². The van der Waals surface area contributed by atoms with E-state index in [1.165, 1.54) is 10.6 Å². The average Bonchev–Trinajstić information content (AvgIpc) is 2.55. The fourth-order valence-corrected chi connectivity index (χ4v) is 2.09. The maximum Gasteiger partial charge on any atom is 0.418 e. The molecule has 1 unspecified atom stereocenters. The highest BCUT2D eigenvalue weighted by atomic mass is 19.4. The van der Waals surface area contributed by atoms with Crippen LogP contribution in [0.5, 0.6) is 0 Å². The maximum absolute atomic E-state index is 12.9. The lowest BCUT2D eigenvalue weighted by molar-refractivity contribution is -0.136. The number of para-hydroxylation sites is 1. The van der Waals surface area contributed by atoms with Crippen LogP contribution >= 0.6 is 0 Å². The first-order valence-electron chi connectivity index (χ1n) is 5.23. The Morgan fingerprint density at radius 1 is 1.29 bits per heavy atom. The highest BCUT2D eigenvalue weighted by molar-refractivity contribution is 5.87. The Bertz CT molecular complexity index is 553. The first kappa shape index (κ1) is 12.0. The van der Waals surface area contributed by atoms with E-state index < -0.39 is 11.7 Å². The number of nitrogens with zero attached hydrogens (tertiary/aromatic N) is 1. The van der Waals surface area contributed by atoms with Crippen LogP contribution in [0.1, 0.15) is 24.1 Å². The van der Waals surface area contributed by atoms with E-state index >= 15 is 0 Å². The minimum absolute atomic E-state index is 0.187. The van der Waals surface area contributed by atoms with Gasteiger partial charge in [0.15, 0.2) is 0 Å². The topological polar surface area (TPSA) is 30.9 Å². The zero-order valence-corrected chi connectivity index (χ0v) is 9.55. The molecular weight excluding hydrogens is 229 g/mol. The second kappa shape index (κ2) is 3.77. The Kier molecular flexibility index (Phi) is 2.66. The number of nitrogens with two attached hydrogens (primary N) is 1. The first-order valence-corrected chi connectivity index (χ1v) is 5.23. The number of rotatable bonds is 1. The number of halogens is 3. The van der Waals surface area contributed by atoms with E-state index in [1.807, 2.05) is 0 Å². The van der Waals surface area contributed by atoms with Crippen molar-refractivity contribution < 1.29 is 13.2 Å². The monoisotopic (exact) mass is 242 g/mol. The van der Waals surface area contributed by atoms with Crippen LogP contribution < -0.4 is 5.73 Å². The Labute approximate surface area is 96.8 Å². The van der Waals surface area contributed by atoms with Gasteiger partial charge >= 0.3 is 6.18 Å². The van der Waals surface area contributed by atoms with E-state index in [4.69, 9.17) is 5.73 Å². The number of fused-ring (bicyclic) bond motifs is 1. The van der Waals surface area contributed by atoms with Crippen LogP contribution in [-0.4, -0.2) is 4.57 Å². The van der Waals surface area contributed by atoms with Crippen molar-refractivity contribution in [3.8, 4) is 0 Å². The first-order chi connectivity index (χ1) is 7.82. The quantitative estimate of drug-likeness (QED) is 0.817. The average molecular weight is 242 g/mol. The zero-order chi connectivity index (χ0) is 12.8. The number of aryl methyl sites for hydroxylation is 1. The van der Waals surface area contributed by atoms with E-state index in [9.17, 15) is 13.2 Å². The molecule has 0 spiro atoms. The van der Waals surface area contributed by atoms with Crippen LogP contribution in [0.15, 0.2) is 24.4 Å². The molecule has 1 heterocycles. The van der Waals surface area contributed by atoms with Gasteiger partial charge in [-0.3, -0.25) is 0 Å². The summed E-state index contributed by atoms with van der Waals surface area (Å²) in [6.07, 6.45) is -2.69. The molecule has 0 aliphatic heterocycles. The van der Waals surface area contributed by atoms with Gasteiger partial charge in [0, 0.05) is 24.7 Å². The summed E-state index contributed by atoms with van der Waals surface area (Å²) >= 11 is 0. The molecular formula is C12H13F3N2. The molecule has 1 aromatic heterocycles. The lowest BCUT2D eigenvalue weighted by Crippen LogP contribution is -2.07. The van der Waals surface area contributed by atoms with Crippen molar-refractivity contribution in [1.29, 1.82) is 0 Å². The number of alkyl halides is 3. The molecule has 2 nitrogen and oxygen atoms in total. The maximum atomic E-state index is 12.9. The van der Waals surface area contributed by atoms with Gasteiger partial charge in [-0.1, -0.05) is 12.1 Å². The summed E-state index contributed by atoms with van der Waals surface area (Å²) in [6, 6.07) is 3.88. The molecule has 92 valence electrons. The van der Waals surface area contributed by atoms with Gasteiger partial charge in [0.05, 0.1) is 11.1 Å². The Hall–Kier alpha value is -1.49. The van der Waals surface area contributed by atoms with Gasteiger partial charge < -0.3 is 10.3 Å². The molecule has 2 N–H and O–H groups in total. The highest BCUT2D eigenvalue weighted by Crippen LogP contribution is 2.37. The molecule has 5 heteroatoms. The third-order valence-electron chi connectivity index (χ3n) is 2.83. The summed E-state index contributed by atoms with van der Waals surface area (Å²) in [7, 11) is 1.60. The molecule has 0 aliphatic carbocycles. The summed E-state index contributed by atoms with van der Waals surface area (Å²) in [5.74, 6) is 0. The molecule has 0 amide bonds. The third kappa shape index (κ3) is 1.91. The second-order valence-electron chi connectivity index (χ2n) is 4.18. The Morgan fingerprint density at radius 3 is 2.47 bits per heavy atom. The SMILES string of the molecule is CC(N)c1cn(C)c2c(C(F)(F)F)cccc12. The van der Waals surface area contributed by atoms with Crippen molar-refractivity contribution in [2.75, 3.05) is 0 Å². The third-order valence-corrected chi connectivity index (χ3v) is 2.83. The zero-order valence-electron chi connectivity index (χ0n) is 9.55. The summed E-state index contributed by atoms with van der Waals surface area (Å²) in [5, 5.41) is 0.567.